The molecule has 0 aliphatic heterocycles. The van der Waals surface area contributed by atoms with Crippen molar-refractivity contribution in [1.82, 2.24) is 0 Å². The molecule has 0 aliphatic rings. The number of alkyl halides is 3. The smallest absolute Gasteiger partial charge is 0.420 e. The quantitative estimate of drug-likeness (QED) is 0.449. The Labute approximate surface area is 196 Å². The van der Waals surface area contributed by atoms with Crippen molar-refractivity contribution in [3.63, 3.8) is 0 Å². The molecule has 2 aromatic rings. The van der Waals surface area contributed by atoms with E-state index in [-0.39, 0.29) is 41.2 Å². The van der Waals surface area contributed by atoms with Crippen LogP contribution in [0.2, 0.25) is 0 Å². The molecular weight excluding hydrogens is 477 g/mol. The molecule has 2 rings (SSSR count). The van der Waals surface area contributed by atoms with Crippen LogP contribution in [0.3, 0.4) is 0 Å². The largest absolute Gasteiger partial charge is 0.496 e. The molecule has 0 saturated heterocycles. The van der Waals surface area contributed by atoms with E-state index in [1.807, 2.05) is 0 Å². The van der Waals surface area contributed by atoms with Crippen molar-refractivity contribution in [2.45, 2.75) is 31.8 Å². The van der Waals surface area contributed by atoms with E-state index in [2.05, 4.69) is 10.0 Å². The average molecular weight is 505 g/mol. The molecule has 1 amide bonds. The van der Waals surface area contributed by atoms with Crippen LogP contribution in [-0.4, -0.2) is 39.8 Å². The Kier molecular flexibility index (Phi) is 8.78. The summed E-state index contributed by atoms with van der Waals surface area (Å²) in [5.41, 5.74) is -1.23. The van der Waals surface area contributed by atoms with E-state index in [9.17, 15) is 31.5 Å². The monoisotopic (exact) mass is 504 g/mol. The molecule has 0 radical (unpaired) electrons. The predicted octanol–water partition coefficient (Wildman–Crippen LogP) is 4.12. The van der Waals surface area contributed by atoms with Crippen LogP contribution in [0.4, 0.5) is 24.5 Å². The number of aliphatic hydroxyl groups excluding tert-OH is 1. The number of amides is 1. The molecule has 0 unspecified atom stereocenters. The van der Waals surface area contributed by atoms with Crippen molar-refractivity contribution >= 4 is 27.3 Å². The van der Waals surface area contributed by atoms with Gasteiger partial charge in [0.15, 0.2) is 0 Å². The van der Waals surface area contributed by atoms with Crippen molar-refractivity contribution in [2.24, 2.45) is 11.8 Å². The fraction of sp³-hybridized carbons (Fsp3) is 0.409. The summed E-state index contributed by atoms with van der Waals surface area (Å²) >= 11 is 0. The summed E-state index contributed by atoms with van der Waals surface area (Å²) in [6, 6.07) is 6.56. The third kappa shape index (κ3) is 6.54. The normalized spacial score (nSPS) is 12.9. The van der Waals surface area contributed by atoms with Gasteiger partial charge in [0.1, 0.15) is 16.4 Å². The van der Waals surface area contributed by atoms with E-state index in [1.165, 1.54) is 18.2 Å². The lowest BCUT2D eigenvalue weighted by Crippen LogP contribution is -2.29. The average Bonchev–Trinajstić information content (AvgIpc) is 2.73. The highest BCUT2D eigenvalue weighted by atomic mass is 32.2. The van der Waals surface area contributed by atoms with Crippen LogP contribution in [0.1, 0.15) is 26.3 Å². The van der Waals surface area contributed by atoms with Crippen LogP contribution in [-0.2, 0) is 21.0 Å². The molecule has 8 nitrogen and oxygen atoms in total. The summed E-state index contributed by atoms with van der Waals surface area (Å²) in [6.45, 7) is 4.90. The highest BCUT2D eigenvalue weighted by Gasteiger charge is 2.35. The fourth-order valence-electron chi connectivity index (χ4n) is 3.11. The first kappa shape index (κ1) is 27.3. The molecule has 34 heavy (non-hydrogen) atoms. The zero-order valence-corrected chi connectivity index (χ0v) is 19.9. The number of sulfonamides is 1. The van der Waals surface area contributed by atoms with Crippen LogP contribution >= 0.6 is 0 Å². The van der Waals surface area contributed by atoms with E-state index in [0.29, 0.717) is 6.07 Å². The van der Waals surface area contributed by atoms with E-state index >= 15 is 0 Å². The zero-order chi connectivity index (χ0) is 25.7. The number of hydrogen-bond acceptors (Lipinski definition) is 6. The van der Waals surface area contributed by atoms with Gasteiger partial charge in [-0.15, -0.1) is 0 Å². The maximum Gasteiger partial charge on any atom is 0.420 e. The Morgan fingerprint density at radius 1 is 1.09 bits per heavy atom. The minimum Gasteiger partial charge on any atom is -0.496 e. The van der Waals surface area contributed by atoms with Gasteiger partial charge in [-0.05, 0) is 43.2 Å². The molecule has 0 heterocycles. The molecule has 0 aromatic heterocycles. The van der Waals surface area contributed by atoms with Gasteiger partial charge in [0.2, 0.25) is 5.91 Å². The van der Waals surface area contributed by atoms with E-state index in [4.69, 9.17) is 9.47 Å². The lowest BCUT2D eigenvalue weighted by atomic mass is 9.96. The minimum atomic E-state index is -4.76. The Bertz CT molecular complexity index is 1120. The zero-order valence-electron chi connectivity index (χ0n) is 19.1. The molecule has 0 bridgehead atoms. The van der Waals surface area contributed by atoms with Gasteiger partial charge in [-0.2, -0.15) is 13.2 Å². The second kappa shape index (κ2) is 11.0. The van der Waals surface area contributed by atoms with Gasteiger partial charge < -0.3 is 19.9 Å². The highest BCUT2D eigenvalue weighted by molar-refractivity contribution is 7.92. The van der Waals surface area contributed by atoms with Gasteiger partial charge in [-0.1, -0.05) is 13.8 Å². The van der Waals surface area contributed by atoms with Gasteiger partial charge in [0.05, 0.1) is 31.8 Å². The predicted molar refractivity (Wildman–Crippen MR) is 120 cm³/mol. The minimum absolute atomic E-state index is 0.0892. The van der Waals surface area contributed by atoms with Gasteiger partial charge in [0, 0.05) is 17.4 Å². The maximum absolute atomic E-state index is 13.3. The molecule has 0 aliphatic carbocycles. The summed E-state index contributed by atoms with van der Waals surface area (Å²) in [7, 11) is -3.29. The number of aliphatic hydroxyl groups is 1. The number of halogens is 3. The summed E-state index contributed by atoms with van der Waals surface area (Å²) in [4.78, 5) is 12.1. The number of carbonyl (C=O) groups is 1. The lowest BCUT2D eigenvalue weighted by molar-refractivity contribution is -0.138. The van der Waals surface area contributed by atoms with E-state index < -0.39 is 39.3 Å². The molecule has 0 fully saturated rings. The Hall–Kier alpha value is -2.99. The number of methoxy groups -OCH3 is 1. The highest BCUT2D eigenvalue weighted by Crippen LogP contribution is 2.38. The number of benzene rings is 2. The fourth-order valence-corrected chi connectivity index (χ4v) is 4.29. The van der Waals surface area contributed by atoms with Crippen molar-refractivity contribution in [2.75, 3.05) is 30.4 Å². The molecule has 12 heteroatoms. The number of nitrogens with one attached hydrogen (secondary N) is 2. The van der Waals surface area contributed by atoms with Crippen molar-refractivity contribution in [3.05, 3.63) is 42.0 Å². The van der Waals surface area contributed by atoms with Crippen LogP contribution in [0, 0.1) is 11.8 Å². The second-order valence-electron chi connectivity index (χ2n) is 7.64. The molecule has 2 aromatic carbocycles. The van der Waals surface area contributed by atoms with Gasteiger partial charge in [0.25, 0.3) is 10.0 Å². The second-order valence-corrected chi connectivity index (χ2v) is 9.29. The number of carbonyl (C=O) groups excluding carboxylic acids is 1. The van der Waals surface area contributed by atoms with Gasteiger partial charge in [-0.25, -0.2) is 8.42 Å². The van der Waals surface area contributed by atoms with Crippen LogP contribution in [0.25, 0.3) is 0 Å². The summed E-state index contributed by atoms with van der Waals surface area (Å²) in [5.74, 6) is -1.81. The van der Waals surface area contributed by atoms with Crippen molar-refractivity contribution < 1.29 is 41.0 Å². The number of hydrogen-bond donors (Lipinski definition) is 3. The third-order valence-electron chi connectivity index (χ3n) is 4.90. The van der Waals surface area contributed by atoms with E-state index in [0.717, 1.165) is 19.2 Å². The molecule has 188 valence electrons. The molecule has 3 N–H and O–H groups in total. The standard InChI is InChI=1S/C22H27F3N2O6S/c1-5-33-19-11-14(26-21(29)16(12-28)13(2)3)7-9-20(19)34(30,31)27-15-6-8-18(32-4)17(10-15)22(23,24)25/h6-11,13,16,27-28H,5,12H2,1-4H3,(H,26,29)/t16-/m0/s1. The molecule has 0 spiro atoms. The number of ether oxygens (including phenoxy) is 2. The molecule has 1 atom stereocenters. The summed E-state index contributed by atoms with van der Waals surface area (Å²) < 4.78 is 78.0. The Balaban J connectivity index is 2.39. The number of rotatable bonds is 10. The summed E-state index contributed by atoms with van der Waals surface area (Å²) in [6.07, 6.45) is -4.76. The third-order valence-corrected chi connectivity index (χ3v) is 6.32. The first-order valence-corrected chi connectivity index (χ1v) is 11.8. The summed E-state index contributed by atoms with van der Waals surface area (Å²) in [5, 5.41) is 12.0. The number of anilines is 2. The van der Waals surface area contributed by atoms with Crippen molar-refractivity contribution in [3.8, 4) is 11.5 Å². The van der Waals surface area contributed by atoms with Crippen LogP contribution < -0.4 is 19.5 Å². The Morgan fingerprint density at radius 3 is 2.26 bits per heavy atom. The van der Waals surface area contributed by atoms with Crippen LogP contribution in [0.15, 0.2) is 41.3 Å². The SMILES string of the molecule is CCOc1cc(NC(=O)[C@@H](CO)C(C)C)ccc1S(=O)(=O)Nc1ccc(OC)c(C(F)(F)F)c1. The van der Waals surface area contributed by atoms with Crippen LogP contribution in [0.5, 0.6) is 11.5 Å². The van der Waals surface area contributed by atoms with Crippen molar-refractivity contribution in [1.29, 1.82) is 0 Å². The maximum atomic E-state index is 13.3. The first-order valence-electron chi connectivity index (χ1n) is 10.3. The first-order chi connectivity index (χ1) is 15.8. The van der Waals surface area contributed by atoms with Gasteiger partial charge in [-0.3, -0.25) is 9.52 Å². The van der Waals surface area contributed by atoms with E-state index in [1.54, 1.807) is 20.8 Å². The molecule has 0 saturated carbocycles. The molecular formula is C22H27F3N2O6S. The topological polar surface area (TPSA) is 114 Å². The Morgan fingerprint density at radius 2 is 1.74 bits per heavy atom. The van der Waals surface area contributed by atoms with Gasteiger partial charge >= 0.3 is 6.18 Å². The lowest BCUT2D eigenvalue weighted by Gasteiger charge is -2.19.